The fraction of sp³-hybridized carbons (Fsp3) is 0.538. The molecule has 0 aromatic heterocycles. The summed E-state index contributed by atoms with van der Waals surface area (Å²) in [7, 11) is 0. The van der Waals surface area contributed by atoms with E-state index >= 15 is 0 Å². The first kappa shape index (κ1) is 31.0. The van der Waals surface area contributed by atoms with Crippen molar-refractivity contribution in [3.8, 4) is 0 Å². The molecule has 0 unspecified atom stereocenters. The molecular weight excluding hydrogens is 305 g/mol. The van der Waals surface area contributed by atoms with Gasteiger partial charge in [-0.15, -0.1) is 0 Å². The molecule has 0 aliphatic heterocycles. The van der Waals surface area contributed by atoms with Gasteiger partial charge in [0.2, 0.25) is 6.04 Å². The fourth-order valence-corrected chi connectivity index (χ4v) is 1.21. The summed E-state index contributed by atoms with van der Waals surface area (Å²) in [6.45, 7) is 26.2. The molecule has 1 aliphatic carbocycles. The maximum Gasteiger partial charge on any atom is 0.281 e. The Bertz CT molecular complexity index is 215. The van der Waals surface area contributed by atoms with Crippen LogP contribution in [0.4, 0.5) is 0 Å². The molecule has 0 N–H and O–H groups in total. The van der Waals surface area contributed by atoms with Crippen molar-refractivity contribution in [1.29, 1.82) is 0 Å². The van der Waals surface area contributed by atoms with E-state index in [0.717, 1.165) is 12.8 Å². The van der Waals surface area contributed by atoms with Crippen LogP contribution in [0, 0.1) is 6.57 Å². The van der Waals surface area contributed by atoms with Crippen LogP contribution in [0.25, 0.3) is 4.85 Å². The van der Waals surface area contributed by atoms with Crippen molar-refractivity contribution in [2.75, 3.05) is 0 Å². The van der Waals surface area contributed by atoms with Gasteiger partial charge >= 0.3 is 32.4 Å². The number of hydrogen-bond donors (Lipinski definition) is 0. The van der Waals surface area contributed by atoms with Crippen LogP contribution >= 0.6 is 0 Å². The molecule has 0 heterocycles. The van der Waals surface area contributed by atoms with Gasteiger partial charge in [0.1, 0.15) is 0 Å². The first-order chi connectivity index (χ1) is 9.66. The summed E-state index contributed by atoms with van der Waals surface area (Å²) in [5, 5.41) is 0. The average molecular weight is 319 g/mol. The van der Waals surface area contributed by atoms with Gasteiger partial charge in [-0.2, -0.15) is 0 Å². The minimum Gasteiger partial charge on any atom is -0.314 e. The topological polar surface area (TPSA) is 89.7 Å². The molecule has 0 amide bonds. The van der Waals surface area contributed by atoms with Crippen LogP contribution in [0.5, 0.6) is 0 Å². The molecule has 20 heavy (non-hydrogen) atoms. The molecule has 1 aliphatic rings. The Morgan fingerprint density at radius 2 is 1.20 bits per heavy atom. The number of carbonyl (C=O) groups is 1. The summed E-state index contributed by atoms with van der Waals surface area (Å²) >= 11 is 2.63. The van der Waals surface area contributed by atoms with Gasteiger partial charge in [-0.3, -0.25) is 19.2 Å². The molecule has 1 saturated carbocycles. The van der Waals surface area contributed by atoms with Crippen molar-refractivity contribution in [3.05, 3.63) is 11.4 Å². The summed E-state index contributed by atoms with van der Waals surface area (Å²) in [4.78, 5) is 42.9. The number of carbonyl (C=O) groups excluding carboxylic acids is 5. The van der Waals surface area contributed by atoms with Crippen molar-refractivity contribution in [3.63, 3.8) is 0 Å². The van der Waals surface area contributed by atoms with Gasteiger partial charge in [0, 0.05) is 12.8 Å². The minimum atomic E-state index is -0.0208. The number of rotatable bonds is 0. The molecule has 0 aromatic rings. The Balaban J connectivity index is -0.0000000538. The summed E-state index contributed by atoms with van der Waals surface area (Å²) in [6, 6.07) is 0.378. The molecule has 1 fully saturated rings. The first-order valence-electron chi connectivity index (χ1n) is 5.01. The smallest absolute Gasteiger partial charge is 0.281 e. The van der Waals surface area contributed by atoms with E-state index < -0.39 is 0 Å². The molecule has 0 saturated heterocycles. The van der Waals surface area contributed by atoms with Crippen LogP contribution in [-0.2, 0) is 40.0 Å². The molecule has 0 atom stereocenters. The second-order valence-corrected chi connectivity index (χ2v) is 3.72. The number of nitrogens with zero attached hydrogens (tertiary/aromatic N) is 1. The summed E-state index contributed by atoms with van der Waals surface area (Å²) in [5.41, 5.74) is 0. The largest absolute Gasteiger partial charge is 0.314 e. The van der Waals surface area contributed by atoms with E-state index in [1.807, 2.05) is 0 Å². The second-order valence-electron chi connectivity index (χ2n) is 2.89. The van der Waals surface area contributed by atoms with Gasteiger partial charge in [-0.1, -0.05) is 6.42 Å². The Morgan fingerprint density at radius 1 is 0.950 bits per heavy atom. The van der Waals surface area contributed by atoms with E-state index in [4.69, 9.17) is 25.8 Å². The normalized spacial score (nSPS) is 11.1. The van der Waals surface area contributed by atoms with Gasteiger partial charge in [0.25, 0.3) is 27.2 Å². The molecule has 0 aromatic carbocycles. The van der Waals surface area contributed by atoms with E-state index in [0.29, 0.717) is 6.04 Å². The van der Waals surface area contributed by atoms with Crippen molar-refractivity contribution in [1.82, 2.24) is 0 Å². The molecule has 8 radical (unpaired) electrons. The van der Waals surface area contributed by atoms with Crippen LogP contribution in [-0.4, -0.2) is 37.9 Å². The van der Waals surface area contributed by atoms with E-state index in [2.05, 4.69) is 48.0 Å². The quantitative estimate of drug-likeness (QED) is 0.485. The van der Waals surface area contributed by atoms with Crippen LogP contribution in [0.2, 0.25) is 0 Å². The molecule has 0 spiro atoms. The average Bonchev–Trinajstić information content (AvgIpc) is 2.55. The maximum absolute atomic E-state index is 9.36. The Labute approximate surface area is 128 Å². The summed E-state index contributed by atoms with van der Waals surface area (Å²) in [6.07, 6.45) is 6.24. The van der Waals surface area contributed by atoms with E-state index in [-0.39, 0.29) is 4.68 Å². The zero-order valence-electron chi connectivity index (χ0n) is 11.0. The standard InChI is InChI=1S/C7H11N.C2H3O.4CO.Mn/c1-8-7-5-3-2-4-6-7;1-2-3;4*1-2;/h7H,2-6H2;1H3;;;;;. The van der Waals surface area contributed by atoms with Gasteiger partial charge in [0.05, 0.1) is 0 Å². The van der Waals surface area contributed by atoms with Crippen molar-refractivity contribution >= 4 is 31.8 Å². The third-order valence-corrected chi connectivity index (χ3v) is 1.76. The Kier molecular flexibility index (Phi) is 67.1. The third kappa shape index (κ3) is 55.2. The Morgan fingerprint density at radius 3 is 1.35 bits per heavy atom. The van der Waals surface area contributed by atoms with Crippen LogP contribution in [0.15, 0.2) is 0 Å². The Hall–Kier alpha value is -1.64. The molecule has 7 heteroatoms. The van der Waals surface area contributed by atoms with Gasteiger partial charge < -0.3 is 4.85 Å². The summed E-state index contributed by atoms with van der Waals surface area (Å²) in [5.74, 6) is 0. The molecule has 108 valence electrons. The fourth-order valence-electron chi connectivity index (χ4n) is 1.21. The second kappa shape index (κ2) is 43.3. The van der Waals surface area contributed by atoms with Crippen molar-refractivity contribution < 1.29 is 40.0 Å². The zero-order chi connectivity index (χ0) is 17.4. The molecular formula is C13H14MnNO5. The first-order valence-corrected chi connectivity index (χ1v) is 5.60. The van der Waals surface area contributed by atoms with Gasteiger partial charge in [-0.25, -0.2) is 6.57 Å². The van der Waals surface area contributed by atoms with Crippen LogP contribution in [0.1, 0.15) is 39.0 Å². The monoisotopic (exact) mass is 319 g/mol. The molecule has 6 nitrogen and oxygen atoms in total. The van der Waals surface area contributed by atoms with E-state index in [9.17, 15) is 4.79 Å². The van der Waals surface area contributed by atoms with Crippen molar-refractivity contribution in [2.24, 2.45) is 0 Å². The summed E-state index contributed by atoms with van der Waals surface area (Å²) < 4.78 is -0.0208. The maximum atomic E-state index is 9.36. The number of hydrogen-bond acceptors (Lipinski definition) is 5. The zero-order valence-corrected chi connectivity index (χ0v) is 12.2. The predicted octanol–water partition coefficient (Wildman–Crippen LogP) is 0.730. The molecule has 1 rings (SSSR count). The van der Waals surface area contributed by atoms with Crippen LogP contribution in [0.3, 0.4) is 0 Å². The predicted molar refractivity (Wildman–Crippen MR) is 66.9 cm³/mol. The van der Waals surface area contributed by atoms with Crippen LogP contribution < -0.4 is 0 Å². The van der Waals surface area contributed by atoms with E-state index in [1.165, 1.54) is 26.2 Å². The molecule has 0 bridgehead atoms. The van der Waals surface area contributed by atoms with Crippen molar-refractivity contribution in [2.45, 2.75) is 45.1 Å². The van der Waals surface area contributed by atoms with Gasteiger partial charge in [-0.05, 0) is 12.8 Å². The van der Waals surface area contributed by atoms with Gasteiger partial charge in [0.15, 0.2) is 0 Å². The minimum absolute atomic E-state index is 0.0208. The third-order valence-electron chi connectivity index (χ3n) is 1.76. The van der Waals surface area contributed by atoms with E-state index in [1.54, 1.807) is 0 Å². The SMILES string of the molecule is C[C](=O)[Mn].[C-]#[N+]C1CCCCC1.[C]=O.[C]=O.[C]=O.[C]=O.